The molecule has 12 heteroatoms. The highest BCUT2D eigenvalue weighted by Gasteiger charge is 2.75. The Morgan fingerprint density at radius 2 is 2.00 bits per heavy atom. The van der Waals surface area contributed by atoms with Gasteiger partial charge in [-0.2, -0.15) is 5.43 Å². The van der Waals surface area contributed by atoms with Gasteiger partial charge in [-0.1, -0.05) is 23.3 Å². The number of carboxylic acids is 1. The summed E-state index contributed by atoms with van der Waals surface area (Å²) in [6.45, 7) is 5.51. The number of rotatable bonds is 6. The van der Waals surface area contributed by atoms with Crippen LogP contribution < -0.4 is 11.2 Å². The summed E-state index contributed by atoms with van der Waals surface area (Å²) in [6.07, 6.45) is 4.99. The summed E-state index contributed by atoms with van der Waals surface area (Å²) in [6, 6.07) is -1.12. The van der Waals surface area contributed by atoms with E-state index < -0.39 is 32.9 Å². The van der Waals surface area contributed by atoms with Crippen molar-refractivity contribution in [2.24, 2.45) is 5.16 Å². The Labute approximate surface area is 194 Å². The van der Waals surface area contributed by atoms with Crippen LogP contribution in [-0.2, 0) is 19.2 Å². The minimum Gasteiger partial charge on any atom is -0.477 e. The molecule has 0 bridgehead atoms. The zero-order chi connectivity index (χ0) is 23.3. The number of nitrogens with two attached hydrogens (primary N) is 1. The van der Waals surface area contributed by atoms with Gasteiger partial charge >= 0.3 is 17.8 Å². The SMILES string of the molecule is CC1(ON=C(C(=O)N[N+]23C(=O)C[C@H]2SC(C)(C)[C@@H]3C(=O)O)c2csc(N)n2)CCCCC1. The molecule has 2 aliphatic heterocycles. The molecule has 1 aromatic heterocycles. The third-order valence-corrected chi connectivity index (χ3v) is 8.77. The van der Waals surface area contributed by atoms with E-state index in [1.165, 1.54) is 11.8 Å². The van der Waals surface area contributed by atoms with Gasteiger partial charge in [0.2, 0.25) is 6.04 Å². The Morgan fingerprint density at radius 3 is 2.56 bits per heavy atom. The van der Waals surface area contributed by atoms with Gasteiger partial charge in [0, 0.05) is 5.38 Å². The van der Waals surface area contributed by atoms with Gasteiger partial charge in [0.15, 0.2) is 16.2 Å². The summed E-state index contributed by atoms with van der Waals surface area (Å²) in [5, 5.41) is 15.6. The van der Waals surface area contributed by atoms with E-state index in [1.807, 2.05) is 6.92 Å². The topological polar surface area (TPSA) is 144 Å². The third kappa shape index (κ3) is 3.77. The van der Waals surface area contributed by atoms with Crippen molar-refractivity contribution in [1.29, 1.82) is 0 Å². The molecule has 1 aliphatic carbocycles. The van der Waals surface area contributed by atoms with Crippen molar-refractivity contribution < 1.29 is 28.9 Å². The monoisotopic (exact) mass is 482 g/mol. The number of nitrogens with one attached hydrogen (secondary N) is 1. The van der Waals surface area contributed by atoms with Crippen LogP contribution in [0.5, 0.6) is 0 Å². The maximum absolute atomic E-state index is 13.4. The van der Waals surface area contributed by atoms with Crippen molar-refractivity contribution in [2.45, 2.75) is 81.1 Å². The number of hydrogen-bond acceptors (Lipinski definition) is 9. The van der Waals surface area contributed by atoms with Crippen LogP contribution in [0.2, 0.25) is 0 Å². The van der Waals surface area contributed by atoms with Gasteiger partial charge < -0.3 is 15.7 Å². The summed E-state index contributed by atoms with van der Waals surface area (Å²) in [4.78, 5) is 48.3. The number of thioether (sulfide) groups is 1. The van der Waals surface area contributed by atoms with Crippen molar-refractivity contribution in [1.82, 2.24) is 10.4 Å². The summed E-state index contributed by atoms with van der Waals surface area (Å²) >= 11 is 2.55. The number of amides is 2. The fourth-order valence-electron chi connectivity index (χ4n) is 4.87. The number of anilines is 1. The number of hydrogen-bond donors (Lipinski definition) is 3. The van der Waals surface area contributed by atoms with E-state index in [-0.39, 0.29) is 34.2 Å². The number of carboxylic acid groups (broad SMARTS) is 1. The van der Waals surface area contributed by atoms with E-state index in [0.717, 1.165) is 43.4 Å². The molecule has 0 aromatic carbocycles. The first kappa shape index (κ1) is 23.0. The van der Waals surface area contributed by atoms with E-state index in [1.54, 1.807) is 19.2 Å². The number of carbonyl (C=O) groups is 3. The zero-order valence-corrected chi connectivity index (χ0v) is 19.9. The lowest BCUT2D eigenvalue weighted by molar-refractivity contribution is -0.934. The highest BCUT2D eigenvalue weighted by molar-refractivity contribution is 8.01. The molecule has 10 nitrogen and oxygen atoms in total. The van der Waals surface area contributed by atoms with Crippen LogP contribution >= 0.6 is 23.1 Å². The average molecular weight is 483 g/mol. The fourth-order valence-corrected chi connectivity index (χ4v) is 7.20. The first-order valence-electron chi connectivity index (χ1n) is 10.6. The molecule has 2 saturated heterocycles. The van der Waals surface area contributed by atoms with Gasteiger partial charge in [-0.05, 0) is 46.5 Å². The first-order valence-corrected chi connectivity index (χ1v) is 12.4. The van der Waals surface area contributed by atoms with Crippen LogP contribution in [0.4, 0.5) is 5.13 Å². The minimum atomic E-state index is -1.14. The molecule has 3 aliphatic rings. The first-order chi connectivity index (χ1) is 15.0. The molecule has 32 heavy (non-hydrogen) atoms. The van der Waals surface area contributed by atoms with Gasteiger partial charge in [0.05, 0.1) is 4.75 Å². The van der Waals surface area contributed by atoms with E-state index >= 15 is 0 Å². The number of aliphatic carboxylic acids is 1. The molecule has 3 heterocycles. The minimum absolute atomic E-state index is 0.116. The molecule has 174 valence electrons. The Balaban J connectivity index is 1.66. The van der Waals surface area contributed by atoms with E-state index in [9.17, 15) is 19.5 Å². The van der Waals surface area contributed by atoms with Gasteiger partial charge in [0.1, 0.15) is 17.7 Å². The number of oxime groups is 1. The van der Waals surface area contributed by atoms with Gasteiger partial charge in [0.25, 0.3) is 0 Å². The molecule has 1 unspecified atom stereocenters. The third-order valence-electron chi connectivity index (χ3n) is 6.49. The molecule has 0 spiro atoms. The molecule has 3 fully saturated rings. The Kier molecular flexibility index (Phi) is 5.74. The van der Waals surface area contributed by atoms with Crippen LogP contribution in [0.3, 0.4) is 0 Å². The number of carbonyl (C=O) groups excluding carboxylic acids is 2. The van der Waals surface area contributed by atoms with Crippen LogP contribution in [0.1, 0.15) is 65.0 Å². The van der Waals surface area contributed by atoms with E-state index in [4.69, 9.17) is 10.6 Å². The highest BCUT2D eigenvalue weighted by atomic mass is 32.2. The Morgan fingerprint density at radius 1 is 1.31 bits per heavy atom. The lowest BCUT2D eigenvalue weighted by Gasteiger charge is -2.45. The van der Waals surface area contributed by atoms with Crippen molar-refractivity contribution in [3.8, 4) is 0 Å². The standard InChI is InChI=1S/C20H27N5O5S2/c1-19(2)15(17(28)29)25(12(26)9-13(25)32-19)23-16(27)14(11-10-31-18(21)22-11)24-30-20(3)7-5-4-6-8-20/h10,13,15H,4-9H2,1-3H3,(H3-,21,22,23,27,28,29)/p+1/t13-,15+,25?/m1/s1. The molecule has 4 N–H and O–H groups in total. The predicted molar refractivity (Wildman–Crippen MR) is 121 cm³/mol. The van der Waals surface area contributed by atoms with Crippen LogP contribution in [-0.4, -0.2) is 59.9 Å². The fraction of sp³-hybridized carbons (Fsp3) is 0.650. The number of thiazole rings is 1. The van der Waals surface area contributed by atoms with Gasteiger partial charge in [-0.3, -0.25) is 4.79 Å². The zero-order valence-electron chi connectivity index (χ0n) is 18.3. The number of fused-ring (bicyclic) bond motifs is 1. The largest absolute Gasteiger partial charge is 0.477 e. The average Bonchev–Trinajstić information content (AvgIpc) is 3.19. The smallest absolute Gasteiger partial charge is 0.367 e. The molecule has 4 rings (SSSR count). The number of quaternary nitrogens is 1. The molecule has 0 radical (unpaired) electrons. The summed E-state index contributed by atoms with van der Waals surface area (Å²) in [7, 11) is 0. The second-order valence-electron chi connectivity index (χ2n) is 9.35. The summed E-state index contributed by atoms with van der Waals surface area (Å²) in [5.41, 5.74) is 8.07. The molecule has 3 atom stereocenters. The molecule has 1 aromatic rings. The van der Waals surface area contributed by atoms with Gasteiger partial charge in [-0.15, -0.1) is 15.9 Å². The van der Waals surface area contributed by atoms with E-state index in [2.05, 4.69) is 15.6 Å². The summed E-state index contributed by atoms with van der Waals surface area (Å²) < 4.78 is -1.38. The van der Waals surface area contributed by atoms with E-state index in [0.29, 0.717) is 0 Å². The molecular formula is C20H28N5O5S2+. The predicted octanol–water partition coefficient (Wildman–Crippen LogP) is 2.25. The van der Waals surface area contributed by atoms with Crippen molar-refractivity contribution in [3.05, 3.63) is 11.1 Å². The number of nitrogen functional groups attached to an aromatic ring is 1. The van der Waals surface area contributed by atoms with Crippen molar-refractivity contribution in [2.75, 3.05) is 5.73 Å². The molecule has 2 amide bonds. The highest BCUT2D eigenvalue weighted by Crippen LogP contribution is 2.55. The normalized spacial score (nSPS) is 30.8. The Bertz CT molecular complexity index is 987. The molecular weight excluding hydrogens is 454 g/mol. The lowest BCUT2D eigenvalue weighted by atomic mass is 9.87. The van der Waals surface area contributed by atoms with Crippen LogP contribution in [0.15, 0.2) is 10.5 Å². The van der Waals surface area contributed by atoms with Crippen LogP contribution in [0, 0.1) is 0 Å². The summed E-state index contributed by atoms with van der Waals surface area (Å²) in [5.74, 6) is -2.19. The van der Waals surface area contributed by atoms with Crippen LogP contribution in [0.25, 0.3) is 0 Å². The lowest BCUT2D eigenvalue weighted by Crippen LogP contribution is -2.79. The second kappa shape index (κ2) is 7.99. The maximum Gasteiger partial charge on any atom is 0.367 e. The molecule has 1 saturated carbocycles. The second-order valence-corrected chi connectivity index (χ2v) is 12.1. The quantitative estimate of drug-likeness (QED) is 0.242. The van der Waals surface area contributed by atoms with Crippen molar-refractivity contribution in [3.63, 3.8) is 0 Å². The number of β-lactam (4-membered cyclic amide) rings is 1. The van der Waals surface area contributed by atoms with Crippen molar-refractivity contribution >= 4 is 51.7 Å². The van der Waals surface area contributed by atoms with Gasteiger partial charge in [-0.25, -0.2) is 14.6 Å². The Hall–Kier alpha value is -2.18. The number of nitrogens with zero attached hydrogens (tertiary/aromatic N) is 3. The maximum atomic E-state index is 13.4. The number of aromatic nitrogens is 1.